The van der Waals surface area contributed by atoms with E-state index in [9.17, 15) is 0 Å². The number of benzene rings is 2. The van der Waals surface area contributed by atoms with Gasteiger partial charge in [0, 0.05) is 31.3 Å². The standard InChI is InChI=1S/C23H27N5O/c1-2-24-23(25-12-10-18-8-9-22-20(14-18)11-13-29-22)26-15-19-16-27-28(17-19)21-6-4-3-5-7-21/h3-9,14,16-17H,2,10-13,15H2,1H3,(H2,24,25,26). The second kappa shape index (κ2) is 9.28. The van der Waals surface area contributed by atoms with Crippen LogP contribution in [-0.2, 0) is 19.4 Å². The summed E-state index contributed by atoms with van der Waals surface area (Å²) >= 11 is 0. The predicted octanol–water partition coefficient (Wildman–Crippen LogP) is 3.11. The van der Waals surface area contributed by atoms with Crippen LogP contribution in [0.5, 0.6) is 5.75 Å². The van der Waals surface area contributed by atoms with Gasteiger partial charge in [0.1, 0.15) is 5.75 Å². The van der Waals surface area contributed by atoms with Crippen molar-refractivity contribution < 1.29 is 4.74 Å². The Bertz CT molecular complexity index is 964. The zero-order valence-corrected chi connectivity index (χ0v) is 16.8. The van der Waals surface area contributed by atoms with Crippen LogP contribution in [0.4, 0.5) is 0 Å². The molecule has 2 aromatic carbocycles. The fourth-order valence-corrected chi connectivity index (χ4v) is 3.40. The van der Waals surface area contributed by atoms with Crippen LogP contribution in [0.2, 0.25) is 0 Å². The van der Waals surface area contributed by atoms with E-state index in [0.717, 1.165) is 55.5 Å². The van der Waals surface area contributed by atoms with Crippen LogP contribution in [0.3, 0.4) is 0 Å². The van der Waals surface area contributed by atoms with Crippen LogP contribution in [0.25, 0.3) is 5.69 Å². The third-order valence-corrected chi connectivity index (χ3v) is 4.88. The van der Waals surface area contributed by atoms with Gasteiger partial charge in [-0.2, -0.15) is 5.10 Å². The maximum Gasteiger partial charge on any atom is 0.191 e. The number of ether oxygens (including phenoxy) is 1. The maximum atomic E-state index is 5.58. The highest BCUT2D eigenvalue weighted by molar-refractivity contribution is 5.79. The van der Waals surface area contributed by atoms with Crippen molar-refractivity contribution in [2.75, 3.05) is 19.7 Å². The summed E-state index contributed by atoms with van der Waals surface area (Å²) in [4.78, 5) is 4.70. The SMILES string of the molecule is CCNC(=NCc1cnn(-c2ccccc2)c1)NCCc1ccc2c(c1)CCO2. The van der Waals surface area contributed by atoms with Crippen LogP contribution in [0.15, 0.2) is 65.9 Å². The van der Waals surface area contributed by atoms with Crippen molar-refractivity contribution in [1.29, 1.82) is 0 Å². The maximum absolute atomic E-state index is 5.58. The topological polar surface area (TPSA) is 63.5 Å². The molecule has 0 saturated heterocycles. The highest BCUT2D eigenvalue weighted by atomic mass is 16.5. The van der Waals surface area contributed by atoms with Gasteiger partial charge in [0.05, 0.1) is 25.0 Å². The zero-order valence-electron chi connectivity index (χ0n) is 16.8. The minimum absolute atomic E-state index is 0.582. The fourth-order valence-electron chi connectivity index (χ4n) is 3.40. The average molecular weight is 390 g/mol. The van der Waals surface area contributed by atoms with Gasteiger partial charge in [0.2, 0.25) is 0 Å². The number of guanidine groups is 1. The molecule has 6 nitrogen and oxygen atoms in total. The Hall–Kier alpha value is -3.28. The smallest absolute Gasteiger partial charge is 0.191 e. The normalized spacial score (nSPS) is 13.1. The first-order chi connectivity index (χ1) is 14.3. The fraction of sp³-hybridized carbons (Fsp3) is 0.304. The predicted molar refractivity (Wildman–Crippen MR) is 116 cm³/mol. The van der Waals surface area contributed by atoms with Gasteiger partial charge in [-0.1, -0.05) is 30.3 Å². The quantitative estimate of drug-likeness (QED) is 0.481. The molecule has 0 bridgehead atoms. The summed E-state index contributed by atoms with van der Waals surface area (Å²) in [5.74, 6) is 1.86. The number of para-hydroxylation sites is 1. The Morgan fingerprint density at radius 2 is 2.03 bits per heavy atom. The molecule has 1 aliphatic heterocycles. The molecule has 0 amide bonds. The van der Waals surface area contributed by atoms with E-state index in [1.165, 1.54) is 11.1 Å². The molecule has 29 heavy (non-hydrogen) atoms. The minimum atomic E-state index is 0.582. The first kappa shape index (κ1) is 19.1. The minimum Gasteiger partial charge on any atom is -0.493 e. The molecular formula is C23H27N5O. The Balaban J connectivity index is 1.32. The van der Waals surface area contributed by atoms with Crippen molar-refractivity contribution in [1.82, 2.24) is 20.4 Å². The summed E-state index contributed by atoms with van der Waals surface area (Å²) in [5.41, 5.74) is 4.76. The number of nitrogens with zero attached hydrogens (tertiary/aromatic N) is 3. The summed E-state index contributed by atoms with van der Waals surface area (Å²) in [5, 5.41) is 11.2. The highest BCUT2D eigenvalue weighted by Crippen LogP contribution is 2.25. The summed E-state index contributed by atoms with van der Waals surface area (Å²) in [6, 6.07) is 16.6. The van der Waals surface area contributed by atoms with Gasteiger partial charge in [0.15, 0.2) is 5.96 Å². The lowest BCUT2D eigenvalue weighted by Crippen LogP contribution is -2.38. The highest BCUT2D eigenvalue weighted by Gasteiger charge is 2.11. The third-order valence-electron chi connectivity index (χ3n) is 4.88. The van der Waals surface area contributed by atoms with E-state index in [-0.39, 0.29) is 0 Å². The molecule has 2 heterocycles. The number of hydrogen-bond acceptors (Lipinski definition) is 3. The van der Waals surface area contributed by atoms with Crippen LogP contribution in [0.1, 0.15) is 23.6 Å². The third kappa shape index (κ3) is 4.96. The number of nitrogens with one attached hydrogen (secondary N) is 2. The molecule has 150 valence electrons. The number of hydrogen-bond donors (Lipinski definition) is 2. The molecule has 0 radical (unpaired) electrons. The van der Waals surface area contributed by atoms with Gasteiger partial charge in [-0.25, -0.2) is 9.67 Å². The molecule has 1 aliphatic rings. The molecule has 0 aliphatic carbocycles. The molecule has 0 fully saturated rings. The Morgan fingerprint density at radius 1 is 1.14 bits per heavy atom. The molecular weight excluding hydrogens is 362 g/mol. The lowest BCUT2D eigenvalue weighted by Gasteiger charge is -2.11. The van der Waals surface area contributed by atoms with E-state index in [0.29, 0.717) is 6.54 Å². The first-order valence-corrected chi connectivity index (χ1v) is 10.2. The number of fused-ring (bicyclic) bond motifs is 1. The molecule has 2 N–H and O–H groups in total. The van der Waals surface area contributed by atoms with Crippen LogP contribution >= 0.6 is 0 Å². The Morgan fingerprint density at radius 3 is 2.90 bits per heavy atom. The van der Waals surface area contributed by atoms with Gasteiger partial charge in [-0.05, 0) is 42.7 Å². The van der Waals surface area contributed by atoms with E-state index in [4.69, 9.17) is 9.73 Å². The van der Waals surface area contributed by atoms with Gasteiger partial charge in [-0.15, -0.1) is 0 Å². The van der Waals surface area contributed by atoms with Crippen molar-refractivity contribution in [2.45, 2.75) is 26.3 Å². The number of aliphatic imine (C=N–C) groups is 1. The molecule has 1 aromatic heterocycles. The second-order valence-electron chi connectivity index (χ2n) is 7.04. The van der Waals surface area contributed by atoms with E-state index >= 15 is 0 Å². The van der Waals surface area contributed by atoms with Crippen LogP contribution < -0.4 is 15.4 Å². The Labute approximate surface area is 171 Å². The Kier molecular flexibility index (Phi) is 6.10. The largest absolute Gasteiger partial charge is 0.493 e. The molecule has 6 heteroatoms. The molecule has 0 spiro atoms. The molecule has 0 unspecified atom stereocenters. The van der Waals surface area contributed by atoms with Gasteiger partial charge < -0.3 is 15.4 Å². The first-order valence-electron chi connectivity index (χ1n) is 10.2. The number of rotatable bonds is 7. The summed E-state index contributed by atoms with van der Waals surface area (Å²) < 4.78 is 7.46. The summed E-state index contributed by atoms with van der Waals surface area (Å²) in [6.45, 7) is 5.11. The summed E-state index contributed by atoms with van der Waals surface area (Å²) in [7, 11) is 0. The van der Waals surface area contributed by atoms with Crippen molar-refractivity contribution >= 4 is 5.96 Å². The molecule has 4 rings (SSSR count). The van der Waals surface area contributed by atoms with Crippen molar-refractivity contribution in [3.8, 4) is 11.4 Å². The van der Waals surface area contributed by atoms with E-state index in [1.807, 2.05) is 47.4 Å². The molecule has 0 atom stereocenters. The second-order valence-corrected chi connectivity index (χ2v) is 7.04. The van der Waals surface area contributed by atoms with Crippen molar-refractivity contribution in [3.05, 3.63) is 77.6 Å². The van der Waals surface area contributed by atoms with Crippen LogP contribution in [0, 0.1) is 0 Å². The van der Waals surface area contributed by atoms with Gasteiger partial charge in [-0.3, -0.25) is 0 Å². The average Bonchev–Trinajstić information content (AvgIpc) is 3.42. The number of aromatic nitrogens is 2. The monoisotopic (exact) mass is 389 g/mol. The van der Waals surface area contributed by atoms with E-state index < -0.39 is 0 Å². The lowest BCUT2D eigenvalue weighted by atomic mass is 10.1. The van der Waals surface area contributed by atoms with Crippen molar-refractivity contribution in [3.63, 3.8) is 0 Å². The lowest BCUT2D eigenvalue weighted by molar-refractivity contribution is 0.357. The molecule has 3 aromatic rings. The van der Waals surface area contributed by atoms with Crippen LogP contribution in [-0.4, -0.2) is 35.4 Å². The van der Waals surface area contributed by atoms with Gasteiger partial charge in [0.25, 0.3) is 0 Å². The van der Waals surface area contributed by atoms with E-state index in [2.05, 4.69) is 40.9 Å². The van der Waals surface area contributed by atoms with E-state index in [1.54, 1.807) is 0 Å². The van der Waals surface area contributed by atoms with Crippen molar-refractivity contribution in [2.24, 2.45) is 4.99 Å². The van der Waals surface area contributed by atoms with Gasteiger partial charge >= 0.3 is 0 Å². The summed E-state index contributed by atoms with van der Waals surface area (Å²) in [6.07, 6.45) is 5.85. The zero-order chi connectivity index (χ0) is 19.9. The molecule has 0 saturated carbocycles.